The summed E-state index contributed by atoms with van der Waals surface area (Å²) in [5.74, 6) is 0.244. The number of ketones is 2. The van der Waals surface area contributed by atoms with E-state index >= 15 is 0 Å². The third-order valence-electron chi connectivity index (χ3n) is 8.74. The van der Waals surface area contributed by atoms with E-state index in [4.69, 9.17) is 0 Å². The predicted molar refractivity (Wildman–Crippen MR) is 174 cm³/mol. The summed E-state index contributed by atoms with van der Waals surface area (Å²) in [6.45, 7) is 20.2. The molecule has 4 rings (SSSR count). The van der Waals surface area contributed by atoms with E-state index in [1.807, 2.05) is 24.6 Å². The Morgan fingerprint density at radius 2 is 0.953 bits per heavy atom. The van der Waals surface area contributed by atoms with Crippen LogP contribution in [0.25, 0.3) is 0 Å². The summed E-state index contributed by atoms with van der Waals surface area (Å²) in [6, 6.07) is 0. The van der Waals surface area contributed by atoms with Gasteiger partial charge in [-0.15, -0.1) is 0 Å². The Morgan fingerprint density at radius 3 is 1.28 bits per heavy atom. The maximum Gasteiger partial charge on any atom is 0.191 e. The summed E-state index contributed by atoms with van der Waals surface area (Å²) in [6.07, 6.45) is 19.5. The fourth-order valence-electron chi connectivity index (χ4n) is 5.97. The predicted octanol–water partition coefficient (Wildman–Crippen LogP) is 5.87. The number of nitrogens with one attached hydrogen (secondary N) is 2. The summed E-state index contributed by atoms with van der Waals surface area (Å²) in [5, 5.41) is 6.70. The zero-order valence-corrected chi connectivity index (χ0v) is 28.3. The van der Waals surface area contributed by atoms with E-state index < -0.39 is 0 Å². The Balaban J connectivity index is 0.00000506. The molecule has 0 amide bonds. The maximum absolute atomic E-state index is 13.4. The molecule has 0 aromatic rings. The molecule has 2 aliphatic carbocycles. The van der Waals surface area contributed by atoms with Gasteiger partial charge in [0.1, 0.15) is 0 Å². The molecule has 7 heteroatoms. The first kappa shape index (κ1) is 35.3. The van der Waals surface area contributed by atoms with Crippen LogP contribution in [0.5, 0.6) is 0 Å². The normalized spacial score (nSPS) is 22.9. The topological polar surface area (TPSA) is 64.7 Å². The number of nitrogens with zero attached hydrogens (tertiary/aromatic N) is 2. The van der Waals surface area contributed by atoms with Gasteiger partial charge in [-0.3, -0.25) is 19.4 Å². The zero-order valence-electron chi connectivity index (χ0n) is 27.4. The summed E-state index contributed by atoms with van der Waals surface area (Å²) in [5.41, 5.74) is 5.55. The summed E-state index contributed by atoms with van der Waals surface area (Å²) >= 11 is 0. The van der Waals surface area contributed by atoms with Crippen LogP contribution in [0.2, 0.25) is 0 Å². The number of hydrogen-bond donors (Lipinski definition) is 2. The molecule has 2 fully saturated rings. The van der Waals surface area contributed by atoms with Crippen molar-refractivity contribution >= 4 is 11.6 Å². The Kier molecular flexibility index (Phi) is 12.9. The van der Waals surface area contributed by atoms with Gasteiger partial charge >= 0.3 is 0 Å². The first-order chi connectivity index (χ1) is 19.9. The molecular formula is C36H54CuN4O2. The summed E-state index contributed by atoms with van der Waals surface area (Å²) < 4.78 is 0. The molecule has 2 aliphatic heterocycles. The monoisotopic (exact) mass is 637 g/mol. The van der Waals surface area contributed by atoms with E-state index in [-0.39, 0.29) is 39.5 Å². The number of Topliss-reactive ketones (excluding diaryl/α,β-unsaturated/α-hetero) is 2. The molecule has 6 nitrogen and oxygen atoms in total. The fourth-order valence-corrected chi connectivity index (χ4v) is 5.97. The molecular weight excluding hydrogens is 584 g/mol. The van der Waals surface area contributed by atoms with Crippen LogP contribution < -0.4 is 10.6 Å². The molecule has 0 saturated carbocycles. The van der Waals surface area contributed by atoms with E-state index in [9.17, 15) is 9.59 Å². The van der Waals surface area contributed by atoms with Gasteiger partial charge in [-0.1, -0.05) is 66.5 Å². The molecule has 0 spiro atoms. The van der Waals surface area contributed by atoms with Crippen molar-refractivity contribution in [2.45, 2.75) is 80.1 Å². The van der Waals surface area contributed by atoms with Gasteiger partial charge in [0.05, 0.1) is 0 Å². The van der Waals surface area contributed by atoms with Crippen LogP contribution in [-0.2, 0) is 26.7 Å². The molecule has 0 unspecified atom stereocenters. The molecule has 2 saturated heterocycles. The van der Waals surface area contributed by atoms with Gasteiger partial charge in [0.15, 0.2) is 11.6 Å². The van der Waals surface area contributed by atoms with Gasteiger partial charge < -0.3 is 10.6 Å². The van der Waals surface area contributed by atoms with Crippen LogP contribution in [0.4, 0.5) is 0 Å². The van der Waals surface area contributed by atoms with E-state index in [0.717, 1.165) is 61.6 Å². The first-order valence-corrected chi connectivity index (χ1v) is 16.2. The molecule has 2 N–H and O–H groups in total. The SMILES string of the molecule is CC(C)(C)C1=CC(=CNCCNC=C2C=C(C(C)(C)C)C=C(CN3CCCCC3)C2=O)C(=O)C(CN2CCCCC2)=C1.[Cu]. The van der Waals surface area contributed by atoms with Gasteiger partial charge in [0.2, 0.25) is 0 Å². The van der Waals surface area contributed by atoms with Crippen molar-refractivity contribution in [3.63, 3.8) is 0 Å². The Hall–Kier alpha value is -2.18. The van der Waals surface area contributed by atoms with Gasteiger partial charge in [0, 0.05) is 77.9 Å². The standard InChI is InChI=1S/C36H54N4O2.Cu/c1-35(2,3)31-19-27(33(41)29(21-31)25-39-15-9-7-10-16-39)23-37-13-14-38-24-28-20-32(36(4,5)6)22-30(34(28)42)26-40-17-11-8-12-18-40;/h19-24,37-38H,7-18,25-26H2,1-6H3;. The van der Waals surface area contributed by atoms with Crippen molar-refractivity contribution in [1.29, 1.82) is 0 Å². The Bertz CT molecular complexity index is 1100. The maximum atomic E-state index is 13.4. The number of likely N-dealkylation sites (tertiary alicyclic amines) is 2. The quantitative estimate of drug-likeness (QED) is 0.187. The van der Waals surface area contributed by atoms with E-state index in [0.29, 0.717) is 13.1 Å². The first-order valence-electron chi connectivity index (χ1n) is 16.2. The van der Waals surface area contributed by atoms with Crippen molar-refractivity contribution in [2.24, 2.45) is 10.8 Å². The molecule has 1 radical (unpaired) electrons. The number of hydrogen-bond acceptors (Lipinski definition) is 6. The molecule has 43 heavy (non-hydrogen) atoms. The van der Waals surface area contributed by atoms with Crippen molar-refractivity contribution < 1.29 is 26.7 Å². The van der Waals surface area contributed by atoms with Crippen LogP contribution in [0.3, 0.4) is 0 Å². The Labute approximate surface area is 271 Å². The van der Waals surface area contributed by atoms with Crippen LogP contribution >= 0.6 is 0 Å². The van der Waals surface area contributed by atoms with Crippen LogP contribution in [0, 0.1) is 10.8 Å². The number of carbonyl (C=O) groups excluding carboxylic acids is 2. The third-order valence-corrected chi connectivity index (χ3v) is 8.74. The third kappa shape index (κ3) is 10.2. The molecule has 2 heterocycles. The van der Waals surface area contributed by atoms with Gasteiger partial charge in [-0.2, -0.15) is 0 Å². The second-order valence-electron chi connectivity index (χ2n) is 14.5. The second kappa shape index (κ2) is 15.7. The van der Waals surface area contributed by atoms with E-state index in [1.54, 1.807) is 0 Å². The van der Waals surface area contributed by atoms with Crippen LogP contribution in [0.1, 0.15) is 80.1 Å². The second-order valence-corrected chi connectivity index (χ2v) is 14.5. The molecule has 241 valence electrons. The van der Waals surface area contributed by atoms with Crippen molar-refractivity contribution in [2.75, 3.05) is 52.4 Å². The average molecular weight is 638 g/mol. The molecule has 0 atom stereocenters. The Morgan fingerprint density at radius 1 is 0.605 bits per heavy atom. The average Bonchev–Trinajstić information content (AvgIpc) is 2.94. The van der Waals surface area contributed by atoms with Crippen molar-refractivity contribution in [3.8, 4) is 0 Å². The molecule has 0 bridgehead atoms. The van der Waals surface area contributed by atoms with Gasteiger partial charge in [-0.25, -0.2) is 0 Å². The molecule has 4 aliphatic rings. The molecule has 0 aromatic heterocycles. The summed E-state index contributed by atoms with van der Waals surface area (Å²) in [4.78, 5) is 31.6. The van der Waals surface area contributed by atoms with Crippen molar-refractivity contribution in [1.82, 2.24) is 20.4 Å². The van der Waals surface area contributed by atoms with E-state index in [2.05, 4.69) is 74.1 Å². The number of allylic oxidation sites excluding steroid dienone is 8. The number of carbonyl (C=O) groups is 2. The number of rotatable bonds is 9. The van der Waals surface area contributed by atoms with Crippen LogP contribution in [0.15, 0.2) is 70.1 Å². The van der Waals surface area contributed by atoms with E-state index in [1.165, 1.54) is 49.7 Å². The van der Waals surface area contributed by atoms with Crippen LogP contribution in [-0.4, -0.2) is 73.7 Å². The molecule has 0 aromatic carbocycles. The smallest absolute Gasteiger partial charge is 0.191 e. The van der Waals surface area contributed by atoms with Crippen molar-refractivity contribution in [3.05, 3.63) is 70.1 Å². The zero-order chi connectivity index (χ0) is 30.3. The number of piperidine rings is 2. The van der Waals surface area contributed by atoms with Gasteiger partial charge in [0.25, 0.3) is 0 Å². The summed E-state index contributed by atoms with van der Waals surface area (Å²) in [7, 11) is 0. The van der Waals surface area contributed by atoms with Gasteiger partial charge in [-0.05, 0) is 86.0 Å². The largest absolute Gasteiger partial charge is 0.389 e. The fraction of sp³-hybridized carbons (Fsp3) is 0.611. The minimum Gasteiger partial charge on any atom is -0.389 e. The minimum absolute atomic E-state index is 0. The minimum atomic E-state index is -0.0338.